The van der Waals surface area contributed by atoms with Gasteiger partial charge in [0.2, 0.25) is 6.39 Å². The van der Waals surface area contributed by atoms with Crippen molar-refractivity contribution in [2.75, 3.05) is 6.54 Å². The number of hydrogen-bond donors (Lipinski definition) is 2. The molecule has 0 bridgehead atoms. The lowest BCUT2D eigenvalue weighted by Crippen LogP contribution is -2.38. The number of nitrogens with one attached hydrogen (secondary N) is 1. The quantitative estimate of drug-likeness (QED) is 0.755. The van der Waals surface area contributed by atoms with E-state index >= 15 is 0 Å². The number of hydrogen-bond acceptors (Lipinski definition) is 5. The lowest BCUT2D eigenvalue weighted by atomic mass is 9.92. The van der Waals surface area contributed by atoms with Gasteiger partial charge in [-0.15, -0.1) is 0 Å². The van der Waals surface area contributed by atoms with E-state index in [1.54, 1.807) is 0 Å². The van der Waals surface area contributed by atoms with Crippen LogP contribution in [0.15, 0.2) is 10.9 Å². The zero-order valence-electron chi connectivity index (χ0n) is 8.85. The maximum Gasteiger partial charge on any atom is 0.213 e. The molecule has 0 amide bonds. The molecule has 2 rings (SSSR count). The molecular weight excluding hydrogens is 192 g/mol. The maximum absolute atomic E-state index is 5.84. The van der Waals surface area contributed by atoms with Gasteiger partial charge >= 0.3 is 0 Å². The first-order chi connectivity index (χ1) is 7.34. The van der Waals surface area contributed by atoms with Gasteiger partial charge in [-0.25, -0.2) is 0 Å². The first kappa shape index (κ1) is 10.6. The van der Waals surface area contributed by atoms with Crippen LogP contribution < -0.4 is 11.1 Å². The van der Waals surface area contributed by atoms with Crippen LogP contribution in [0, 0.1) is 0 Å². The fourth-order valence-corrected chi connectivity index (χ4v) is 2.01. The highest BCUT2D eigenvalue weighted by atomic mass is 16.5. The fraction of sp³-hybridized carbons (Fsp3) is 0.800. The van der Waals surface area contributed by atoms with Gasteiger partial charge in [0.1, 0.15) is 0 Å². The van der Waals surface area contributed by atoms with E-state index in [4.69, 9.17) is 5.73 Å². The summed E-state index contributed by atoms with van der Waals surface area (Å²) in [5, 5.41) is 7.27. The molecular formula is C10H18N4O. The largest absolute Gasteiger partial charge is 0.343 e. The molecule has 1 aromatic rings. The summed E-state index contributed by atoms with van der Waals surface area (Å²) in [6.07, 6.45) is 6.86. The minimum absolute atomic E-state index is 0.417. The van der Waals surface area contributed by atoms with Gasteiger partial charge < -0.3 is 15.6 Å². The highest BCUT2D eigenvalue weighted by Crippen LogP contribution is 2.16. The summed E-state index contributed by atoms with van der Waals surface area (Å²) in [7, 11) is 0. The van der Waals surface area contributed by atoms with Crippen LogP contribution >= 0.6 is 0 Å². The molecule has 0 aliphatic heterocycles. The summed E-state index contributed by atoms with van der Waals surface area (Å²) in [5.41, 5.74) is 5.84. The molecule has 0 saturated heterocycles. The molecule has 1 aliphatic rings. The van der Waals surface area contributed by atoms with Crippen LogP contribution in [0.4, 0.5) is 0 Å². The van der Waals surface area contributed by atoms with Crippen molar-refractivity contribution in [1.29, 1.82) is 0 Å². The number of rotatable bonds is 4. The van der Waals surface area contributed by atoms with Crippen LogP contribution in [-0.4, -0.2) is 28.8 Å². The van der Waals surface area contributed by atoms with E-state index < -0.39 is 0 Å². The molecule has 0 aromatic carbocycles. The summed E-state index contributed by atoms with van der Waals surface area (Å²) >= 11 is 0. The molecule has 1 fully saturated rings. The normalized spacial score (nSPS) is 26.7. The van der Waals surface area contributed by atoms with Gasteiger partial charge in [-0.1, -0.05) is 5.16 Å². The van der Waals surface area contributed by atoms with E-state index in [-0.39, 0.29) is 0 Å². The molecule has 0 spiro atoms. The number of nitrogens with two attached hydrogens (primary N) is 1. The Morgan fingerprint density at radius 3 is 2.87 bits per heavy atom. The molecule has 3 N–H and O–H groups in total. The van der Waals surface area contributed by atoms with Crippen LogP contribution in [0.25, 0.3) is 0 Å². The van der Waals surface area contributed by atoms with Crippen LogP contribution in [0.1, 0.15) is 31.5 Å². The Labute approximate surface area is 89.4 Å². The van der Waals surface area contributed by atoms with Crippen molar-refractivity contribution in [2.45, 2.75) is 44.2 Å². The van der Waals surface area contributed by atoms with Crippen molar-refractivity contribution in [3.63, 3.8) is 0 Å². The monoisotopic (exact) mass is 210 g/mol. The summed E-state index contributed by atoms with van der Waals surface area (Å²) in [5.74, 6) is 0.773. The van der Waals surface area contributed by atoms with Crippen molar-refractivity contribution in [1.82, 2.24) is 15.5 Å². The molecule has 1 heterocycles. The summed E-state index contributed by atoms with van der Waals surface area (Å²) in [4.78, 5) is 3.97. The van der Waals surface area contributed by atoms with Crippen molar-refractivity contribution in [2.24, 2.45) is 5.73 Å². The molecule has 1 aromatic heterocycles. The molecule has 0 atom stereocenters. The molecule has 0 unspecified atom stereocenters. The average molecular weight is 210 g/mol. The lowest BCUT2D eigenvalue weighted by molar-refractivity contribution is 0.342. The van der Waals surface area contributed by atoms with Crippen LogP contribution in [-0.2, 0) is 6.42 Å². The van der Waals surface area contributed by atoms with Crippen LogP contribution in [0.2, 0.25) is 0 Å². The van der Waals surface area contributed by atoms with Crippen molar-refractivity contribution in [3.05, 3.63) is 12.2 Å². The minimum Gasteiger partial charge on any atom is -0.343 e. The van der Waals surface area contributed by atoms with E-state index in [0.717, 1.165) is 31.6 Å². The van der Waals surface area contributed by atoms with Gasteiger partial charge in [-0.05, 0) is 25.7 Å². The second kappa shape index (κ2) is 5.23. The zero-order valence-corrected chi connectivity index (χ0v) is 8.85. The number of nitrogens with zero attached hydrogens (tertiary/aromatic N) is 2. The average Bonchev–Trinajstić information content (AvgIpc) is 2.74. The van der Waals surface area contributed by atoms with Gasteiger partial charge in [0.15, 0.2) is 5.82 Å². The van der Waals surface area contributed by atoms with E-state index in [1.807, 2.05) is 0 Å². The Morgan fingerprint density at radius 1 is 1.40 bits per heavy atom. The second-order valence-corrected chi connectivity index (χ2v) is 4.16. The van der Waals surface area contributed by atoms with Gasteiger partial charge in [0.25, 0.3) is 0 Å². The topological polar surface area (TPSA) is 77.0 Å². The molecule has 1 saturated carbocycles. The summed E-state index contributed by atoms with van der Waals surface area (Å²) < 4.78 is 4.67. The second-order valence-electron chi connectivity index (χ2n) is 4.16. The molecule has 5 nitrogen and oxygen atoms in total. The molecule has 5 heteroatoms. The van der Waals surface area contributed by atoms with Gasteiger partial charge in [0.05, 0.1) is 0 Å². The molecule has 84 valence electrons. The first-order valence-corrected chi connectivity index (χ1v) is 5.59. The third kappa shape index (κ3) is 3.28. The maximum atomic E-state index is 5.84. The third-order valence-electron chi connectivity index (χ3n) is 2.96. The smallest absolute Gasteiger partial charge is 0.213 e. The van der Waals surface area contributed by atoms with E-state index in [0.29, 0.717) is 12.1 Å². The lowest BCUT2D eigenvalue weighted by Gasteiger charge is -2.26. The van der Waals surface area contributed by atoms with Gasteiger partial charge in [-0.2, -0.15) is 4.98 Å². The van der Waals surface area contributed by atoms with E-state index in [2.05, 4.69) is 20.0 Å². The molecule has 15 heavy (non-hydrogen) atoms. The number of aromatic nitrogens is 2. The van der Waals surface area contributed by atoms with Crippen LogP contribution in [0.3, 0.4) is 0 Å². The minimum atomic E-state index is 0.417. The third-order valence-corrected chi connectivity index (χ3v) is 2.96. The Morgan fingerprint density at radius 2 is 2.20 bits per heavy atom. The Balaban J connectivity index is 1.62. The fourth-order valence-electron chi connectivity index (χ4n) is 2.01. The Hall–Kier alpha value is -0.940. The SMILES string of the molecule is NC1CCC(NCCc2ncon2)CC1. The Kier molecular flexibility index (Phi) is 3.69. The predicted molar refractivity (Wildman–Crippen MR) is 56.2 cm³/mol. The van der Waals surface area contributed by atoms with Crippen molar-refractivity contribution >= 4 is 0 Å². The van der Waals surface area contributed by atoms with Crippen molar-refractivity contribution < 1.29 is 4.52 Å². The van der Waals surface area contributed by atoms with Gasteiger partial charge in [0, 0.05) is 25.0 Å². The van der Waals surface area contributed by atoms with Crippen molar-refractivity contribution in [3.8, 4) is 0 Å². The molecule has 0 radical (unpaired) electrons. The van der Waals surface area contributed by atoms with Crippen LogP contribution in [0.5, 0.6) is 0 Å². The zero-order chi connectivity index (χ0) is 10.5. The summed E-state index contributed by atoms with van der Waals surface area (Å²) in [6.45, 7) is 0.916. The van der Waals surface area contributed by atoms with E-state index in [1.165, 1.54) is 19.2 Å². The van der Waals surface area contributed by atoms with E-state index in [9.17, 15) is 0 Å². The standard InChI is InChI=1S/C10H18N4O/c11-8-1-3-9(4-2-8)12-6-5-10-13-7-15-14-10/h7-9,12H,1-6,11H2. The summed E-state index contributed by atoms with van der Waals surface area (Å²) in [6, 6.07) is 1.04. The molecule has 1 aliphatic carbocycles. The first-order valence-electron chi connectivity index (χ1n) is 5.59. The highest BCUT2D eigenvalue weighted by Gasteiger charge is 2.17. The van der Waals surface area contributed by atoms with Gasteiger partial charge in [-0.3, -0.25) is 0 Å². The highest BCUT2D eigenvalue weighted by molar-refractivity contribution is 4.82. The Bertz CT molecular complexity index is 267. The predicted octanol–water partition coefficient (Wildman–Crippen LogP) is 0.472.